The van der Waals surface area contributed by atoms with Gasteiger partial charge >= 0.3 is 0 Å². The molecule has 1 fully saturated rings. The first-order chi connectivity index (χ1) is 16.4. The smallest absolute Gasteiger partial charge is 0.275 e. The number of thiocarbonyl (C=S) groups is 1. The molecule has 3 aromatic rings. The van der Waals surface area contributed by atoms with E-state index in [2.05, 4.69) is 34.4 Å². The van der Waals surface area contributed by atoms with E-state index >= 15 is 0 Å². The topological polar surface area (TPSA) is 57.3 Å². The molecule has 5 nitrogen and oxygen atoms in total. The molecule has 8 heteroatoms. The average molecular weight is 497 g/mol. The van der Waals surface area contributed by atoms with E-state index in [1.807, 2.05) is 29.6 Å². The number of anilines is 1. The molecule has 1 aliphatic heterocycles. The third kappa shape index (κ3) is 5.98. The zero-order chi connectivity index (χ0) is 24.1. The maximum Gasteiger partial charge on any atom is 0.275 e. The molecule has 178 valence electrons. The molecule has 0 radical (unpaired) electrons. The Labute approximate surface area is 209 Å². The second-order valence-corrected chi connectivity index (χ2v) is 10.2. The van der Waals surface area contributed by atoms with E-state index in [4.69, 9.17) is 12.2 Å². The van der Waals surface area contributed by atoms with Crippen molar-refractivity contribution in [3.63, 3.8) is 0 Å². The van der Waals surface area contributed by atoms with Gasteiger partial charge in [-0.1, -0.05) is 44.2 Å². The number of benzene rings is 2. The van der Waals surface area contributed by atoms with Crippen LogP contribution in [-0.4, -0.2) is 40.5 Å². The lowest BCUT2D eigenvalue weighted by Crippen LogP contribution is -2.44. The Morgan fingerprint density at radius 2 is 1.88 bits per heavy atom. The Hall–Kier alpha value is -2.84. The number of amides is 1. The number of hydrogen-bond donors (Lipinski definition) is 2. The van der Waals surface area contributed by atoms with Crippen molar-refractivity contribution in [1.29, 1.82) is 0 Å². The molecule has 1 aliphatic rings. The summed E-state index contributed by atoms with van der Waals surface area (Å²) in [7, 11) is 0. The predicted molar refractivity (Wildman–Crippen MR) is 141 cm³/mol. The van der Waals surface area contributed by atoms with E-state index in [1.54, 1.807) is 23.5 Å². The van der Waals surface area contributed by atoms with Crippen molar-refractivity contribution in [2.24, 2.45) is 5.92 Å². The molecule has 1 saturated heterocycles. The third-order valence-electron chi connectivity index (χ3n) is 5.88. The van der Waals surface area contributed by atoms with Crippen LogP contribution in [0.3, 0.4) is 0 Å². The molecule has 1 aromatic heterocycles. The van der Waals surface area contributed by atoms with Crippen molar-refractivity contribution < 1.29 is 9.18 Å². The molecule has 4 rings (SSSR count). The number of thiazole rings is 1. The van der Waals surface area contributed by atoms with Crippen LogP contribution in [0.25, 0.3) is 11.1 Å². The summed E-state index contributed by atoms with van der Waals surface area (Å²) in [4.78, 5) is 19.8. The first-order valence-corrected chi connectivity index (χ1v) is 12.8. The Balaban J connectivity index is 1.38. The number of piperidine rings is 1. The SMILES string of the molecule is CC(C)CNC(=S)N1CCC(c2nc(C(=O)Nc3ccccc3-c3ccc(F)cc3)cs2)CC1. The molecule has 0 atom stereocenters. The maximum absolute atomic E-state index is 13.3. The van der Waals surface area contributed by atoms with Crippen LogP contribution in [0.1, 0.15) is 48.1 Å². The van der Waals surface area contributed by atoms with E-state index in [1.165, 1.54) is 12.1 Å². The molecule has 0 spiro atoms. The zero-order valence-corrected chi connectivity index (χ0v) is 21.0. The fraction of sp³-hybridized carbons (Fsp3) is 0.346. The van der Waals surface area contributed by atoms with Crippen molar-refractivity contribution in [2.75, 3.05) is 25.0 Å². The van der Waals surface area contributed by atoms with Crippen LogP contribution in [0.2, 0.25) is 0 Å². The largest absolute Gasteiger partial charge is 0.362 e. The number of nitrogens with one attached hydrogen (secondary N) is 2. The molecule has 0 aliphatic carbocycles. The summed E-state index contributed by atoms with van der Waals surface area (Å²) >= 11 is 7.07. The van der Waals surface area contributed by atoms with Crippen LogP contribution >= 0.6 is 23.6 Å². The molecule has 2 aromatic carbocycles. The standard InChI is InChI=1S/C26H29FN4OS2/c1-17(2)15-28-26(33)31-13-11-19(12-14-31)25-30-23(16-34-25)24(32)29-22-6-4-3-5-21(22)18-7-9-20(27)10-8-18/h3-10,16-17,19H,11-15H2,1-2H3,(H,28,33)(H,29,32). The van der Waals surface area contributed by atoms with Gasteiger partial charge in [0.05, 0.1) is 5.01 Å². The summed E-state index contributed by atoms with van der Waals surface area (Å²) in [6.07, 6.45) is 1.93. The van der Waals surface area contributed by atoms with E-state index < -0.39 is 0 Å². The Morgan fingerprint density at radius 3 is 2.59 bits per heavy atom. The number of aromatic nitrogens is 1. The molecular weight excluding hydrogens is 467 g/mol. The van der Waals surface area contributed by atoms with Gasteiger partial charge in [0, 0.05) is 42.2 Å². The number of para-hydroxylation sites is 1. The fourth-order valence-electron chi connectivity index (χ4n) is 3.97. The van der Waals surface area contributed by atoms with Gasteiger partial charge in [0.1, 0.15) is 11.5 Å². The van der Waals surface area contributed by atoms with Crippen LogP contribution in [0.15, 0.2) is 53.9 Å². The lowest BCUT2D eigenvalue weighted by molar-refractivity contribution is 0.102. The van der Waals surface area contributed by atoms with E-state index in [0.29, 0.717) is 23.2 Å². The quantitative estimate of drug-likeness (QED) is 0.416. The summed E-state index contributed by atoms with van der Waals surface area (Å²) in [5.74, 6) is 0.355. The van der Waals surface area contributed by atoms with Crippen molar-refractivity contribution in [3.05, 3.63) is 70.4 Å². The number of hydrogen-bond acceptors (Lipinski definition) is 4. The van der Waals surface area contributed by atoms with Gasteiger partial charge in [-0.15, -0.1) is 11.3 Å². The van der Waals surface area contributed by atoms with Crippen LogP contribution in [0, 0.1) is 11.7 Å². The molecule has 0 saturated carbocycles. The van der Waals surface area contributed by atoms with Crippen molar-refractivity contribution in [3.8, 4) is 11.1 Å². The van der Waals surface area contributed by atoms with Crippen molar-refractivity contribution >= 4 is 40.3 Å². The first kappa shape index (κ1) is 24.3. The summed E-state index contributed by atoms with van der Waals surface area (Å²) in [6.45, 7) is 6.99. The van der Waals surface area contributed by atoms with Gasteiger partial charge in [-0.2, -0.15) is 0 Å². The fourth-order valence-corrected chi connectivity index (χ4v) is 5.21. The van der Waals surface area contributed by atoms with Crippen molar-refractivity contribution in [1.82, 2.24) is 15.2 Å². The highest BCUT2D eigenvalue weighted by Gasteiger charge is 2.25. The van der Waals surface area contributed by atoms with Gasteiger partial charge in [-0.25, -0.2) is 9.37 Å². The number of carbonyl (C=O) groups excluding carboxylic acids is 1. The monoisotopic (exact) mass is 496 g/mol. The van der Waals surface area contributed by atoms with E-state index in [0.717, 1.165) is 53.7 Å². The predicted octanol–water partition coefficient (Wildman–Crippen LogP) is 5.91. The highest BCUT2D eigenvalue weighted by atomic mass is 32.1. The summed E-state index contributed by atoms with van der Waals surface area (Å²) in [5, 5.41) is 9.97. The van der Waals surface area contributed by atoms with Crippen LogP contribution < -0.4 is 10.6 Å². The van der Waals surface area contributed by atoms with Gasteiger partial charge in [0.25, 0.3) is 5.91 Å². The van der Waals surface area contributed by atoms with Crippen LogP contribution in [0.4, 0.5) is 10.1 Å². The van der Waals surface area contributed by atoms with Crippen molar-refractivity contribution in [2.45, 2.75) is 32.6 Å². The van der Waals surface area contributed by atoms with Gasteiger partial charge in [-0.05, 0) is 54.7 Å². The van der Waals surface area contributed by atoms with Gasteiger partial charge in [0.15, 0.2) is 5.11 Å². The Bertz CT molecular complexity index is 1140. The van der Waals surface area contributed by atoms with Gasteiger partial charge < -0.3 is 15.5 Å². The highest BCUT2D eigenvalue weighted by Crippen LogP contribution is 2.32. The number of carbonyl (C=O) groups is 1. The minimum Gasteiger partial charge on any atom is -0.362 e. The summed E-state index contributed by atoms with van der Waals surface area (Å²) in [6, 6.07) is 13.8. The van der Waals surface area contributed by atoms with Crippen LogP contribution in [-0.2, 0) is 0 Å². The van der Waals surface area contributed by atoms with E-state index in [9.17, 15) is 9.18 Å². The molecule has 0 unspecified atom stereocenters. The minimum absolute atomic E-state index is 0.242. The average Bonchev–Trinajstić information content (AvgIpc) is 3.34. The Morgan fingerprint density at radius 1 is 1.18 bits per heavy atom. The molecule has 0 bridgehead atoms. The second kappa shape index (κ2) is 11.1. The van der Waals surface area contributed by atoms with E-state index in [-0.39, 0.29) is 11.7 Å². The lowest BCUT2D eigenvalue weighted by Gasteiger charge is -2.33. The molecule has 34 heavy (non-hydrogen) atoms. The number of likely N-dealkylation sites (tertiary alicyclic amines) is 1. The number of halogens is 1. The third-order valence-corrected chi connectivity index (χ3v) is 7.29. The second-order valence-electron chi connectivity index (χ2n) is 8.92. The molecular formula is C26H29FN4OS2. The lowest BCUT2D eigenvalue weighted by atomic mass is 9.98. The summed E-state index contributed by atoms with van der Waals surface area (Å²) in [5.41, 5.74) is 2.76. The Kier molecular flexibility index (Phi) is 7.90. The molecule has 2 N–H and O–H groups in total. The minimum atomic E-state index is -0.292. The first-order valence-electron chi connectivity index (χ1n) is 11.5. The van der Waals surface area contributed by atoms with Crippen LogP contribution in [0.5, 0.6) is 0 Å². The highest BCUT2D eigenvalue weighted by molar-refractivity contribution is 7.80. The molecule has 1 amide bonds. The normalized spacial score (nSPS) is 14.3. The zero-order valence-electron chi connectivity index (χ0n) is 19.4. The summed E-state index contributed by atoms with van der Waals surface area (Å²) < 4.78 is 13.3. The van der Waals surface area contributed by atoms with Gasteiger partial charge in [-0.3, -0.25) is 4.79 Å². The number of rotatable bonds is 6. The maximum atomic E-state index is 13.3. The van der Waals surface area contributed by atoms with Gasteiger partial charge in [0.2, 0.25) is 0 Å². The number of nitrogens with zero attached hydrogens (tertiary/aromatic N) is 2. The molecule has 2 heterocycles.